The van der Waals surface area contributed by atoms with Gasteiger partial charge in [0.15, 0.2) is 0 Å². The van der Waals surface area contributed by atoms with E-state index in [1.807, 2.05) is 19.9 Å². The van der Waals surface area contributed by atoms with Crippen LogP contribution in [0, 0.1) is 25.2 Å². The van der Waals surface area contributed by atoms with Crippen molar-refractivity contribution in [2.75, 3.05) is 25.0 Å². The second-order valence-corrected chi connectivity index (χ2v) is 7.93. The van der Waals surface area contributed by atoms with E-state index in [0.29, 0.717) is 18.7 Å². The van der Waals surface area contributed by atoms with Crippen LogP contribution < -0.4 is 5.32 Å². The Kier molecular flexibility index (Phi) is 5.48. The molecule has 0 amide bonds. The molecule has 0 spiro atoms. The van der Waals surface area contributed by atoms with Gasteiger partial charge in [-0.25, -0.2) is 0 Å². The molecule has 29 heavy (non-hydrogen) atoms. The molecule has 1 aromatic heterocycles. The normalized spacial score (nSPS) is 15.0. The third kappa shape index (κ3) is 4.09. The molecule has 2 aromatic carbocycles. The van der Waals surface area contributed by atoms with Crippen molar-refractivity contribution in [1.82, 2.24) is 9.88 Å². The van der Waals surface area contributed by atoms with Crippen LogP contribution in [0.15, 0.2) is 42.6 Å². The Labute approximate surface area is 171 Å². The number of aliphatic hydroxyl groups is 1. The van der Waals surface area contributed by atoms with Crippen LogP contribution in [0.4, 0.5) is 5.69 Å². The second-order valence-electron chi connectivity index (χ2n) is 7.93. The Hall–Kier alpha value is -2.94. The smallest absolute Gasteiger partial charge is 0.103 e. The molecule has 1 atom stereocenters. The van der Waals surface area contributed by atoms with Crippen molar-refractivity contribution in [1.29, 1.82) is 5.26 Å². The fourth-order valence-electron chi connectivity index (χ4n) is 4.23. The second kappa shape index (κ2) is 8.20. The van der Waals surface area contributed by atoms with Gasteiger partial charge in [-0.1, -0.05) is 35.9 Å². The maximum absolute atomic E-state index is 10.7. The first-order valence-electron chi connectivity index (χ1n) is 10.1. The number of nitriles is 1. The van der Waals surface area contributed by atoms with Crippen LogP contribution in [0.25, 0.3) is 10.9 Å². The number of pyridine rings is 1. The van der Waals surface area contributed by atoms with Gasteiger partial charge in [0.05, 0.1) is 22.9 Å². The van der Waals surface area contributed by atoms with E-state index in [1.165, 1.54) is 11.1 Å². The average Bonchev–Trinajstić information content (AvgIpc) is 2.71. The third-order valence-corrected chi connectivity index (χ3v) is 5.62. The number of nitrogens with zero attached hydrogens (tertiary/aromatic N) is 3. The minimum atomic E-state index is -0.527. The number of hydrogen-bond acceptors (Lipinski definition) is 5. The van der Waals surface area contributed by atoms with Gasteiger partial charge in [0, 0.05) is 37.8 Å². The number of benzene rings is 2. The molecular weight excluding hydrogens is 360 g/mol. The highest BCUT2D eigenvalue weighted by molar-refractivity contribution is 5.96. The molecule has 2 N–H and O–H groups in total. The molecule has 5 heteroatoms. The van der Waals surface area contributed by atoms with E-state index < -0.39 is 6.10 Å². The first-order valence-corrected chi connectivity index (χ1v) is 10.1. The third-order valence-electron chi connectivity index (χ3n) is 5.62. The molecule has 3 aromatic rings. The summed E-state index contributed by atoms with van der Waals surface area (Å²) in [5, 5.41) is 24.5. The molecule has 1 aliphatic heterocycles. The van der Waals surface area contributed by atoms with Gasteiger partial charge in [0.2, 0.25) is 0 Å². The summed E-state index contributed by atoms with van der Waals surface area (Å²) in [4.78, 5) is 6.75. The highest BCUT2D eigenvalue weighted by Gasteiger charge is 2.19. The summed E-state index contributed by atoms with van der Waals surface area (Å²) in [5.41, 5.74) is 7.11. The van der Waals surface area contributed by atoms with E-state index in [4.69, 9.17) is 0 Å². The van der Waals surface area contributed by atoms with Gasteiger partial charge in [-0.2, -0.15) is 5.26 Å². The van der Waals surface area contributed by atoms with Crippen LogP contribution in [0.5, 0.6) is 0 Å². The zero-order valence-corrected chi connectivity index (χ0v) is 16.9. The summed E-state index contributed by atoms with van der Waals surface area (Å²) >= 11 is 0. The zero-order chi connectivity index (χ0) is 20.4. The van der Waals surface area contributed by atoms with Crippen LogP contribution in [-0.2, 0) is 13.0 Å². The summed E-state index contributed by atoms with van der Waals surface area (Å²) < 4.78 is 0. The molecule has 0 radical (unpaired) electrons. The summed E-state index contributed by atoms with van der Waals surface area (Å²) in [5.74, 6) is 0. The lowest BCUT2D eigenvalue weighted by Gasteiger charge is -2.30. The molecule has 4 rings (SSSR count). The maximum atomic E-state index is 10.7. The Morgan fingerprint density at radius 1 is 1.24 bits per heavy atom. The number of rotatable bonds is 5. The van der Waals surface area contributed by atoms with Crippen molar-refractivity contribution in [3.05, 3.63) is 70.4 Å². The Bertz CT molecular complexity index is 1090. The highest BCUT2D eigenvalue weighted by atomic mass is 16.3. The first-order chi connectivity index (χ1) is 14.0. The minimum Gasteiger partial charge on any atom is -0.390 e. The molecule has 1 aliphatic rings. The van der Waals surface area contributed by atoms with Gasteiger partial charge in [0.25, 0.3) is 0 Å². The van der Waals surface area contributed by atoms with E-state index in [2.05, 4.69) is 51.6 Å². The lowest BCUT2D eigenvalue weighted by atomic mass is 10.00. The van der Waals surface area contributed by atoms with E-state index in [1.54, 1.807) is 6.20 Å². The van der Waals surface area contributed by atoms with E-state index in [0.717, 1.165) is 47.2 Å². The molecule has 0 saturated heterocycles. The molecule has 5 nitrogen and oxygen atoms in total. The minimum absolute atomic E-state index is 0.388. The fraction of sp³-hybridized carbons (Fsp3) is 0.333. The summed E-state index contributed by atoms with van der Waals surface area (Å²) in [6.07, 6.45) is 2.10. The molecule has 0 saturated carbocycles. The molecule has 2 heterocycles. The highest BCUT2D eigenvalue weighted by Crippen LogP contribution is 2.29. The predicted octanol–water partition coefficient (Wildman–Crippen LogP) is 3.55. The maximum Gasteiger partial charge on any atom is 0.103 e. The van der Waals surface area contributed by atoms with Crippen molar-refractivity contribution in [2.45, 2.75) is 32.9 Å². The van der Waals surface area contributed by atoms with Crippen molar-refractivity contribution >= 4 is 16.6 Å². The number of aryl methyl sites for hydroxylation is 2. The molecular formula is C24H26N4O. The SMILES string of the molecule is Cc1cc(C)c2ncc(C#N)c(NCC(O)CN3CCc4ccccc4C3)c2c1. The number of aromatic nitrogens is 1. The molecule has 0 fully saturated rings. The van der Waals surface area contributed by atoms with Crippen LogP contribution in [0.1, 0.15) is 27.8 Å². The van der Waals surface area contributed by atoms with Crippen LogP contribution in [0.3, 0.4) is 0 Å². The van der Waals surface area contributed by atoms with Gasteiger partial charge in [-0.3, -0.25) is 9.88 Å². The number of β-amino-alcohol motifs (C(OH)–C–C–N with tert-alkyl or cyclic N) is 1. The fourth-order valence-corrected chi connectivity index (χ4v) is 4.23. The molecule has 1 unspecified atom stereocenters. The quantitative estimate of drug-likeness (QED) is 0.702. The molecule has 0 bridgehead atoms. The van der Waals surface area contributed by atoms with Crippen molar-refractivity contribution < 1.29 is 5.11 Å². The zero-order valence-electron chi connectivity index (χ0n) is 16.9. The van der Waals surface area contributed by atoms with Crippen molar-refractivity contribution in [3.63, 3.8) is 0 Å². The predicted molar refractivity (Wildman–Crippen MR) is 116 cm³/mol. The van der Waals surface area contributed by atoms with Crippen molar-refractivity contribution in [3.8, 4) is 6.07 Å². The van der Waals surface area contributed by atoms with Crippen LogP contribution >= 0.6 is 0 Å². The van der Waals surface area contributed by atoms with Gasteiger partial charge in [0.1, 0.15) is 6.07 Å². The van der Waals surface area contributed by atoms with Crippen LogP contribution in [0.2, 0.25) is 0 Å². The van der Waals surface area contributed by atoms with Gasteiger partial charge < -0.3 is 10.4 Å². The van der Waals surface area contributed by atoms with Crippen molar-refractivity contribution in [2.24, 2.45) is 0 Å². The lowest BCUT2D eigenvalue weighted by Crippen LogP contribution is -2.39. The van der Waals surface area contributed by atoms with Gasteiger partial charge in [-0.05, 0) is 43.0 Å². The summed E-state index contributed by atoms with van der Waals surface area (Å²) in [7, 11) is 0. The number of nitrogens with one attached hydrogen (secondary N) is 1. The molecule has 0 aliphatic carbocycles. The molecule has 148 valence electrons. The summed E-state index contributed by atoms with van der Waals surface area (Å²) in [6.45, 7) is 6.88. The summed E-state index contributed by atoms with van der Waals surface area (Å²) in [6, 6.07) is 14.9. The van der Waals surface area contributed by atoms with E-state index >= 15 is 0 Å². The Morgan fingerprint density at radius 2 is 2.03 bits per heavy atom. The lowest BCUT2D eigenvalue weighted by molar-refractivity contribution is 0.114. The first kappa shape index (κ1) is 19.4. The topological polar surface area (TPSA) is 72.2 Å². The standard InChI is InChI=1S/C24H26N4O/c1-16-9-17(2)23-22(10-16)24(20(11-25)12-26-23)27-13-21(29)15-28-8-7-18-5-3-4-6-19(18)14-28/h3-6,9-10,12,21,29H,7-8,13-15H2,1-2H3,(H,26,27). The number of anilines is 1. The van der Waals surface area contributed by atoms with Gasteiger partial charge >= 0.3 is 0 Å². The number of fused-ring (bicyclic) bond motifs is 2. The Balaban J connectivity index is 1.48. The van der Waals surface area contributed by atoms with Crippen LogP contribution in [-0.4, -0.2) is 40.7 Å². The number of hydrogen-bond donors (Lipinski definition) is 2. The van der Waals surface area contributed by atoms with E-state index in [9.17, 15) is 10.4 Å². The number of aliphatic hydroxyl groups excluding tert-OH is 1. The Morgan fingerprint density at radius 3 is 2.83 bits per heavy atom. The average molecular weight is 386 g/mol. The van der Waals surface area contributed by atoms with E-state index in [-0.39, 0.29) is 0 Å². The largest absolute Gasteiger partial charge is 0.390 e. The van der Waals surface area contributed by atoms with Gasteiger partial charge in [-0.15, -0.1) is 0 Å². The monoisotopic (exact) mass is 386 g/mol.